The van der Waals surface area contributed by atoms with Crippen molar-refractivity contribution in [3.8, 4) is 0 Å². The minimum absolute atomic E-state index is 0.0119. The molecule has 0 bridgehead atoms. The maximum absolute atomic E-state index is 13.3. The Balaban J connectivity index is 1.66. The van der Waals surface area contributed by atoms with Crippen LogP contribution < -0.4 is 19.3 Å². The van der Waals surface area contributed by atoms with E-state index in [0.717, 1.165) is 28.8 Å². The molecule has 3 heterocycles. The average molecular weight is 577 g/mol. The summed E-state index contributed by atoms with van der Waals surface area (Å²) in [5, 5.41) is 3.51. The van der Waals surface area contributed by atoms with Crippen molar-refractivity contribution < 1.29 is 14.1 Å². The number of ether oxygens (including phenoxy) is 1. The first kappa shape index (κ1) is 29.5. The van der Waals surface area contributed by atoms with Crippen LogP contribution >= 0.6 is 22.7 Å². The van der Waals surface area contributed by atoms with E-state index in [1.165, 1.54) is 22.0 Å². The molecule has 2 aromatic heterocycles. The minimum Gasteiger partial charge on any atom is -0.446 e. The van der Waals surface area contributed by atoms with Crippen molar-refractivity contribution in [3.05, 3.63) is 102 Å². The summed E-state index contributed by atoms with van der Waals surface area (Å²) in [5.41, 5.74) is 2.58. The molecule has 0 spiro atoms. The number of nitrogens with zero attached hydrogens (tertiary/aromatic N) is 3. The van der Waals surface area contributed by atoms with Gasteiger partial charge in [-0.1, -0.05) is 67.7 Å². The molecular formula is C32H38N3O3S2+. The summed E-state index contributed by atoms with van der Waals surface area (Å²) < 4.78 is 11.0. The number of carbonyl (C=O) groups excluding carboxylic acids is 1. The molecule has 0 saturated carbocycles. The van der Waals surface area contributed by atoms with Crippen molar-refractivity contribution in [1.82, 2.24) is 9.47 Å². The normalized spacial score (nSPS) is 16.3. The fourth-order valence-electron chi connectivity index (χ4n) is 4.65. The van der Waals surface area contributed by atoms with Crippen LogP contribution in [-0.4, -0.2) is 22.8 Å². The number of carbonyl (C=O) groups is 1. The topological polar surface area (TPSA) is 55.4 Å². The number of hydrogen-bond acceptors (Lipinski definition) is 6. The smallest absolute Gasteiger partial charge is 0.269 e. The van der Waals surface area contributed by atoms with Crippen LogP contribution in [0.15, 0.2) is 70.9 Å². The quantitative estimate of drug-likeness (QED) is 0.210. The van der Waals surface area contributed by atoms with Crippen molar-refractivity contribution in [2.24, 2.45) is 5.41 Å². The van der Waals surface area contributed by atoms with Gasteiger partial charge in [0.2, 0.25) is 5.01 Å². The first-order valence-corrected chi connectivity index (χ1v) is 15.1. The van der Waals surface area contributed by atoms with Gasteiger partial charge in [0.05, 0.1) is 32.2 Å². The van der Waals surface area contributed by atoms with Crippen molar-refractivity contribution in [1.29, 1.82) is 0 Å². The number of allylic oxidation sites excluding steroid dienone is 3. The third kappa shape index (κ3) is 6.29. The Bertz CT molecular complexity index is 1650. The fraction of sp³-hybridized carbons (Fsp3) is 0.344. The molecule has 0 N–H and O–H groups in total. The molecule has 1 aromatic carbocycles. The third-order valence-electron chi connectivity index (χ3n) is 6.93. The summed E-state index contributed by atoms with van der Waals surface area (Å²) in [5.74, 6) is 0.623. The largest absolute Gasteiger partial charge is 0.446 e. The van der Waals surface area contributed by atoms with Crippen LogP contribution in [0.25, 0.3) is 17.8 Å². The van der Waals surface area contributed by atoms with Gasteiger partial charge in [0.25, 0.3) is 5.56 Å². The second kappa shape index (κ2) is 11.9. The minimum atomic E-state index is -0.346. The van der Waals surface area contributed by atoms with Crippen LogP contribution in [-0.2, 0) is 28.0 Å². The first-order valence-electron chi connectivity index (χ1n) is 13.4. The maximum atomic E-state index is 13.3. The zero-order chi connectivity index (χ0) is 29.1. The molecule has 4 rings (SSSR count). The van der Waals surface area contributed by atoms with Gasteiger partial charge in [0.1, 0.15) is 19.1 Å². The molecule has 0 saturated heterocycles. The summed E-state index contributed by atoms with van der Waals surface area (Å²) >= 11 is 3.17. The molecule has 1 aliphatic rings. The molecule has 0 atom stereocenters. The number of benzene rings is 1. The molecule has 0 unspecified atom stereocenters. The predicted molar refractivity (Wildman–Crippen MR) is 165 cm³/mol. The monoisotopic (exact) mass is 576 g/mol. The van der Waals surface area contributed by atoms with E-state index in [2.05, 4.69) is 69.7 Å². The average Bonchev–Trinajstić information content (AvgIpc) is 3.58. The summed E-state index contributed by atoms with van der Waals surface area (Å²) in [6.45, 7) is 13.9. The predicted octanol–water partition coefficient (Wildman–Crippen LogP) is 4.71. The summed E-state index contributed by atoms with van der Waals surface area (Å²) in [6, 6.07) is 10.00. The van der Waals surface area contributed by atoms with Crippen LogP contribution in [0.2, 0.25) is 0 Å². The van der Waals surface area contributed by atoms with Gasteiger partial charge < -0.3 is 14.4 Å². The number of thiazole rings is 2. The van der Waals surface area contributed by atoms with Gasteiger partial charge >= 0.3 is 0 Å². The highest BCUT2D eigenvalue weighted by Gasteiger charge is 2.31. The Kier molecular flexibility index (Phi) is 8.80. The van der Waals surface area contributed by atoms with Gasteiger partial charge in [-0.3, -0.25) is 9.36 Å². The highest BCUT2D eigenvalue weighted by Crippen LogP contribution is 2.30. The van der Waals surface area contributed by atoms with Gasteiger partial charge in [-0.25, -0.2) is 0 Å². The molecule has 0 amide bonds. The van der Waals surface area contributed by atoms with Crippen molar-refractivity contribution in [3.63, 3.8) is 0 Å². The molecule has 3 aromatic rings. The first-order chi connectivity index (χ1) is 19.0. The van der Waals surface area contributed by atoms with E-state index in [9.17, 15) is 9.59 Å². The number of aryl methyl sites for hydroxylation is 1. The van der Waals surface area contributed by atoms with Gasteiger partial charge in [-0.05, 0) is 32.9 Å². The van der Waals surface area contributed by atoms with Crippen molar-refractivity contribution in [2.45, 2.75) is 60.0 Å². The highest BCUT2D eigenvalue weighted by molar-refractivity contribution is 7.09. The van der Waals surface area contributed by atoms with E-state index in [4.69, 9.17) is 4.74 Å². The maximum Gasteiger partial charge on any atom is 0.269 e. The zero-order valence-electron chi connectivity index (χ0n) is 24.3. The molecule has 1 aliphatic heterocycles. The number of rotatable bonds is 9. The second-order valence-electron chi connectivity index (χ2n) is 11.1. The van der Waals surface area contributed by atoms with Crippen LogP contribution in [0.3, 0.4) is 0 Å². The van der Waals surface area contributed by atoms with E-state index in [-0.39, 0.29) is 22.9 Å². The molecule has 210 valence electrons. The molecule has 0 fully saturated rings. The summed E-state index contributed by atoms with van der Waals surface area (Å²) in [4.78, 5) is 26.7. The fourth-order valence-corrected chi connectivity index (χ4v) is 7.02. The lowest BCUT2D eigenvalue weighted by Crippen LogP contribution is -2.42. The molecular weight excluding hydrogens is 539 g/mol. The van der Waals surface area contributed by atoms with E-state index in [0.29, 0.717) is 10.4 Å². The lowest BCUT2D eigenvalue weighted by atomic mass is 9.86. The Morgan fingerprint density at radius 3 is 2.48 bits per heavy atom. The zero-order valence-corrected chi connectivity index (χ0v) is 25.9. The lowest BCUT2D eigenvalue weighted by Gasteiger charge is -2.20. The standard InChI is InChI=1S/C32H38N3O3S2/c1-8-34-23(2)22-39-30(34)32(5,6)17-16-31(3,4)20-28-35(18-19-36)29(37)26(40-28)14-15-27-33(7)25(21-38-27)24-12-10-9-11-13-24/h9-17,19-22H,8,18H2,1-7H3/q+1/b17-16?,26-14?,27-15-,28-20+. The van der Waals surface area contributed by atoms with E-state index in [1.54, 1.807) is 34.3 Å². The SMILES string of the molecule is CC[n+]1c(C)csc1C(C)(C)C=CC(C)(C)/C=c1/sc(=C/C=C2\OC=C(c3ccccc3)N2C)c(=O)n1CC=O. The third-order valence-corrected chi connectivity index (χ3v) is 9.43. The summed E-state index contributed by atoms with van der Waals surface area (Å²) in [6.07, 6.45) is 12.6. The number of aromatic nitrogens is 2. The van der Waals surface area contributed by atoms with Gasteiger partial charge in [-0.15, -0.1) is 11.3 Å². The summed E-state index contributed by atoms with van der Waals surface area (Å²) in [7, 11) is 1.93. The van der Waals surface area contributed by atoms with Gasteiger partial charge in [0, 0.05) is 31.0 Å². The lowest BCUT2D eigenvalue weighted by molar-refractivity contribution is -0.703. The molecule has 0 aliphatic carbocycles. The van der Waals surface area contributed by atoms with Crippen LogP contribution in [0.4, 0.5) is 0 Å². The second-order valence-corrected chi connectivity index (χ2v) is 13.0. The van der Waals surface area contributed by atoms with Crippen LogP contribution in [0.1, 0.15) is 50.9 Å². The van der Waals surface area contributed by atoms with E-state index in [1.807, 2.05) is 42.3 Å². The molecule has 8 heteroatoms. The van der Waals surface area contributed by atoms with Gasteiger partial charge in [-0.2, -0.15) is 4.57 Å². The van der Waals surface area contributed by atoms with Gasteiger partial charge in [0.15, 0.2) is 11.6 Å². The van der Waals surface area contributed by atoms with Crippen molar-refractivity contribution in [2.75, 3.05) is 7.05 Å². The molecule has 6 nitrogen and oxygen atoms in total. The number of hydrogen-bond donors (Lipinski definition) is 0. The Labute approximate surface area is 244 Å². The Hall–Kier alpha value is -3.49. The number of aldehydes is 1. The molecule has 40 heavy (non-hydrogen) atoms. The Morgan fingerprint density at radius 1 is 1.07 bits per heavy atom. The highest BCUT2D eigenvalue weighted by atomic mass is 32.1. The Morgan fingerprint density at radius 2 is 1.80 bits per heavy atom. The van der Waals surface area contributed by atoms with Crippen LogP contribution in [0.5, 0.6) is 0 Å². The van der Waals surface area contributed by atoms with Crippen molar-refractivity contribution >= 4 is 46.8 Å². The van der Waals surface area contributed by atoms with Crippen LogP contribution in [0, 0.1) is 12.3 Å². The van der Waals surface area contributed by atoms with E-state index < -0.39 is 0 Å². The molecule has 0 radical (unpaired) electrons. The van der Waals surface area contributed by atoms with E-state index >= 15 is 0 Å².